The number of rotatable bonds is 1. The van der Waals surface area contributed by atoms with Gasteiger partial charge in [0, 0.05) is 19.6 Å². The Hall–Kier alpha value is 0.734. The number of fused-ring (bicyclic) bond motifs is 1. The summed E-state index contributed by atoms with van der Waals surface area (Å²) in [5, 5.41) is 0. The van der Waals surface area contributed by atoms with Crippen molar-refractivity contribution in [2.24, 2.45) is 0 Å². The number of alkyl halides is 3. The summed E-state index contributed by atoms with van der Waals surface area (Å²) >= 11 is 4.74. The molecule has 11 heteroatoms. The third-order valence-corrected chi connectivity index (χ3v) is 2.95. The fourth-order valence-electron chi connectivity index (χ4n) is 2.11. The van der Waals surface area contributed by atoms with Crippen LogP contribution in [0.2, 0.25) is 0 Å². The van der Waals surface area contributed by atoms with Crippen LogP contribution in [-0.2, 0) is 14.3 Å². The standard InChI is InChI=1S/C9H12F3N3O2.2HI.V/c1-13-2-3-14-6(4-13)7(16)15(8(14)17)5-9(10,11)12;;;/h6H,2-5H2,1H3;2*1H;/q;;;+2/p-2. The number of amides is 3. The van der Waals surface area contributed by atoms with Gasteiger partial charge >= 0.3 is 61.6 Å². The van der Waals surface area contributed by atoms with E-state index < -0.39 is 30.7 Å². The van der Waals surface area contributed by atoms with E-state index in [9.17, 15) is 22.8 Å². The second-order valence-corrected chi connectivity index (χ2v) is 16.1. The van der Waals surface area contributed by atoms with Crippen molar-refractivity contribution in [1.82, 2.24) is 14.7 Å². The topological polar surface area (TPSA) is 43.9 Å². The van der Waals surface area contributed by atoms with E-state index in [0.29, 0.717) is 34.0 Å². The van der Waals surface area contributed by atoms with E-state index in [1.54, 1.807) is 7.05 Å². The van der Waals surface area contributed by atoms with Gasteiger partial charge < -0.3 is 9.80 Å². The average molecular weight is 556 g/mol. The van der Waals surface area contributed by atoms with Gasteiger partial charge in [-0.3, -0.25) is 9.69 Å². The molecule has 1 atom stereocenters. The molecule has 20 heavy (non-hydrogen) atoms. The van der Waals surface area contributed by atoms with E-state index in [0.717, 1.165) is 0 Å². The summed E-state index contributed by atoms with van der Waals surface area (Å²) in [4.78, 5) is 26.7. The molecule has 2 saturated heterocycles. The van der Waals surface area contributed by atoms with Crippen molar-refractivity contribution in [2.75, 3.05) is 33.2 Å². The first-order valence-corrected chi connectivity index (χ1v) is 14.5. The zero-order valence-corrected chi connectivity index (χ0v) is 16.1. The zero-order valence-electron chi connectivity index (χ0n) is 10.4. The number of carbonyl (C=O) groups excluding carboxylic acids is 2. The number of hydrogen-bond donors (Lipinski definition) is 0. The van der Waals surface area contributed by atoms with Gasteiger partial charge in [0.05, 0.1) is 0 Å². The maximum absolute atomic E-state index is 12.2. The molecule has 2 heterocycles. The SMILES string of the molecule is CN1CCN2C(=O)N(CC(F)(F)F)C(=O)C2C1.[I][V][I]. The van der Waals surface area contributed by atoms with E-state index in [2.05, 4.69) is 40.0 Å². The van der Waals surface area contributed by atoms with Crippen LogP contribution in [0.25, 0.3) is 0 Å². The number of hydrogen-bond acceptors (Lipinski definition) is 3. The number of imide groups is 1. The fraction of sp³-hybridized carbons (Fsp3) is 0.778. The Morgan fingerprint density at radius 1 is 1.30 bits per heavy atom. The van der Waals surface area contributed by atoms with Crippen molar-refractivity contribution in [3.05, 3.63) is 0 Å². The first kappa shape index (κ1) is 18.8. The minimum atomic E-state index is -4.55. The zero-order chi connectivity index (χ0) is 15.5. The molecular formula is C9H12F3I2N3O2V. The third kappa shape index (κ3) is 4.88. The summed E-state index contributed by atoms with van der Waals surface area (Å²) < 4.78 is 36.7. The van der Waals surface area contributed by atoms with Crippen molar-refractivity contribution in [3.63, 3.8) is 0 Å². The van der Waals surface area contributed by atoms with Gasteiger partial charge in [0.1, 0.15) is 12.6 Å². The number of halogens is 5. The molecule has 3 amide bonds. The van der Waals surface area contributed by atoms with Crippen molar-refractivity contribution in [2.45, 2.75) is 12.2 Å². The van der Waals surface area contributed by atoms with Gasteiger partial charge in [0.15, 0.2) is 0 Å². The molecule has 2 aliphatic heterocycles. The normalized spacial score (nSPS) is 23.4. The Kier molecular flexibility index (Phi) is 7.36. The second kappa shape index (κ2) is 7.83. The van der Waals surface area contributed by atoms with Crippen molar-refractivity contribution in [1.29, 1.82) is 0 Å². The van der Waals surface area contributed by atoms with Crippen molar-refractivity contribution >= 4 is 51.9 Å². The molecule has 0 aromatic carbocycles. The quantitative estimate of drug-likeness (QED) is 0.367. The summed E-state index contributed by atoms with van der Waals surface area (Å²) in [6.07, 6.45) is -4.55. The predicted molar refractivity (Wildman–Crippen MR) is 79.2 cm³/mol. The summed E-state index contributed by atoms with van der Waals surface area (Å²) in [6, 6.07) is -1.59. The van der Waals surface area contributed by atoms with Crippen LogP contribution in [0.3, 0.4) is 0 Å². The predicted octanol–water partition coefficient (Wildman–Crippen LogP) is 1.90. The van der Waals surface area contributed by atoms with Crippen LogP contribution in [0.5, 0.6) is 0 Å². The number of piperazine rings is 1. The molecule has 0 aliphatic carbocycles. The van der Waals surface area contributed by atoms with Gasteiger partial charge in [-0.25, -0.2) is 4.79 Å². The maximum atomic E-state index is 12.2. The van der Waals surface area contributed by atoms with Gasteiger partial charge in [-0.15, -0.1) is 0 Å². The van der Waals surface area contributed by atoms with Crippen LogP contribution < -0.4 is 0 Å². The van der Waals surface area contributed by atoms with E-state index in [-0.39, 0.29) is 0 Å². The second-order valence-electron chi connectivity index (χ2n) is 4.36. The Morgan fingerprint density at radius 3 is 2.35 bits per heavy atom. The Labute approximate surface area is 143 Å². The third-order valence-electron chi connectivity index (χ3n) is 2.95. The van der Waals surface area contributed by atoms with E-state index in [1.807, 2.05) is 4.90 Å². The fourth-order valence-corrected chi connectivity index (χ4v) is 2.11. The molecule has 0 bridgehead atoms. The van der Waals surface area contributed by atoms with Gasteiger partial charge in [-0.1, -0.05) is 0 Å². The molecule has 2 rings (SSSR count). The molecule has 0 aromatic heterocycles. The molecule has 2 aliphatic rings. The van der Waals surface area contributed by atoms with Gasteiger partial charge in [0.25, 0.3) is 5.91 Å². The molecule has 0 saturated carbocycles. The van der Waals surface area contributed by atoms with Gasteiger partial charge in [0.2, 0.25) is 0 Å². The first-order chi connectivity index (χ1) is 9.21. The number of likely N-dealkylation sites (N-methyl/N-ethyl adjacent to an activating group) is 1. The minimum absolute atomic E-state index is 0.291. The molecule has 1 unspecified atom stereocenters. The monoisotopic (exact) mass is 556 g/mol. The molecule has 0 radical (unpaired) electrons. The van der Waals surface area contributed by atoms with Crippen LogP contribution in [0.4, 0.5) is 18.0 Å². The Morgan fingerprint density at radius 2 is 1.85 bits per heavy atom. The van der Waals surface area contributed by atoms with Gasteiger partial charge in [-0.2, -0.15) is 13.2 Å². The molecule has 0 N–H and O–H groups in total. The van der Waals surface area contributed by atoms with Crippen LogP contribution >= 0.6 is 40.0 Å². The van der Waals surface area contributed by atoms with Crippen LogP contribution in [0.15, 0.2) is 0 Å². The Balaban J connectivity index is 0.000000612. The van der Waals surface area contributed by atoms with Gasteiger partial charge in [-0.05, 0) is 7.05 Å². The summed E-state index contributed by atoms with van der Waals surface area (Å²) in [5.74, 6) is -0.751. The Bertz CT molecular complexity index is 386. The molecule has 2 fully saturated rings. The van der Waals surface area contributed by atoms with Crippen LogP contribution in [0, 0.1) is 0 Å². The van der Waals surface area contributed by atoms with Crippen molar-refractivity contribution < 1.29 is 32.2 Å². The summed E-state index contributed by atoms with van der Waals surface area (Å²) in [7, 11) is 2.39. The summed E-state index contributed by atoms with van der Waals surface area (Å²) in [5.41, 5.74) is 0. The number of urea groups is 1. The average Bonchev–Trinajstić information content (AvgIpc) is 2.54. The van der Waals surface area contributed by atoms with Crippen LogP contribution in [0.1, 0.15) is 0 Å². The number of carbonyl (C=O) groups is 2. The number of nitrogens with zero attached hydrogens (tertiary/aromatic N) is 3. The van der Waals surface area contributed by atoms with E-state index in [4.69, 9.17) is 0 Å². The van der Waals surface area contributed by atoms with E-state index in [1.165, 1.54) is 4.90 Å². The van der Waals surface area contributed by atoms with Crippen LogP contribution in [-0.4, -0.2) is 72.1 Å². The van der Waals surface area contributed by atoms with E-state index >= 15 is 0 Å². The molecular weight excluding hydrogens is 544 g/mol. The molecule has 0 spiro atoms. The molecule has 115 valence electrons. The molecule has 5 nitrogen and oxygen atoms in total. The van der Waals surface area contributed by atoms with Crippen molar-refractivity contribution in [3.8, 4) is 0 Å². The molecule has 0 aromatic rings. The summed E-state index contributed by atoms with van der Waals surface area (Å²) in [6.45, 7) is -0.351. The first-order valence-electron chi connectivity index (χ1n) is 5.50.